The van der Waals surface area contributed by atoms with E-state index < -0.39 is 5.41 Å². The van der Waals surface area contributed by atoms with Gasteiger partial charge in [-0.25, -0.2) is 0 Å². The maximum Gasteiger partial charge on any atom is 0.235 e. The quantitative estimate of drug-likeness (QED) is 0.522. The highest BCUT2D eigenvalue weighted by Crippen LogP contribution is 2.39. The maximum absolute atomic E-state index is 13.0. The molecule has 5 heteroatoms. The zero-order valence-corrected chi connectivity index (χ0v) is 14.7. The average molecular weight is 342 g/mol. The van der Waals surface area contributed by atoms with Gasteiger partial charge in [-0.05, 0) is 56.2 Å². The van der Waals surface area contributed by atoms with Crippen LogP contribution < -0.4 is 16.4 Å². The van der Waals surface area contributed by atoms with Gasteiger partial charge in [-0.2, -0.15) is 0 Å². The Morgan fingerprint density at radius 2 is 1.76 bits per heavy atom. The minimum Gasteiger partial charge on any atom is -0.352 e. The maximum atomic E-state index is 13.0. The van der Waals surface area contributed by atoms with E-state index in [4.69, 9.17) is 5.73 Å². The minimum atomic E-state index is -0.909. The van der Waals surface area contributed by atoms with Crippen LogP contribution in [0.25, 0.3) is 0 Å². The van der Waals surface area contributed by atoms with Gasteiger partial charge in [0.15, 0.2) is 0 Å². The molecule has 0 bridgehead atoms. The second-order valence-electron chi connectivity index (χ2n) is 7.25. The molecule has 1 aromatic carbocycles. The first-order valence-electron chi connectivity index (χ1n) is 9.36. The number of benzene rings is 1. The highest BCUT2D eigenvalue weighted by molar-refractivity contribution is 6.05. The van der Waals surface area contributed by atoms with Crippen LogP contribution in [0.15, 0.2) is 24.3 Å². The van der Waals surface area contributed by atoms with E-state index in [1.54, 1.807) is 6.54 Å². The summed E-state index contributed by atoms with van der Waals surface area (Å²) in [5.41, 5.74) is 7.16. The molecule has 0 unspecified atom stereocenters. The van der Waals surface area contributed by atoms with Gasteiger partial charge in [0.1, 0.15) is 5.41 Å². The van der Waals surface area contributed by atoms with E-state index >= 15 is 0 Å². The zero-order chi connectivity index (χ0) is 17.7. The summed E-state index contributed by atoms with van der Waals surface area (Å²) < 4.78 is 0. The molecule has 1 radical (unpaired) electrons. The first-order valence-corrected chi connectivity index (χ1v) is 9.36. The molecular formula is C20H28N3O2. The molecule has 3 rings (SSSR count). The molecule has 0 saturated heterocycles. The van der Waals surface area contributed by atoms with Crippen molar-refractivity contribution in [2.75, 3.05) is 6.54 Å². The third-order valence-corrected chi connectivity index (χ3v) is 5.50. The second-order valence-corrected chi connectivity index (χ2v) is 7.25. The van der Waals surface area contributed by atoms with Gasteiger partial charge >= 0.3 is 0 Å². The fraction of sp³-hybridized carbons (Fsp3) is 0.550. The van der Waals surface area contributed by atoms with Gasteiger partial charge in [-0.1, -0.05) is 37.1 Å². The van der Waals surface area contributed by atoms with Gasteiger partial charge in [0.25, 0.3) is 0 Å². The van der Waals surface area contributed by atoms with Crippen LogP contribution in [0.3, 0.4) is 0 Å². The van der Waals surface area contributed by atoms with Crippen molar-refractivity contribution in [1.29, 1.82) is 0 Å². The Bertz CT molecular complexity index is 598. The molecule has 0 atom stereocenters. The number of amides is 2. The molecule has 5 nitrogen and oxygen atoms in total. The molecule has 135 valence electrons. The van der Waals surface area contributed by atoms with Gasteiger partial charge < -0.3 is 16.4 Å². The molecule has 1 fully saturated rings. The molecule has 1 aromatic rings. The summed E-state index contributed by atoms with van der Waals surface area (Å²) in [6, 6.07) is 8.40. The highest BCUT2D eigenvalue weighted by atomic mass is 16.2. The first kappa shape index (κ1) is 17.9. The summed E-state index contributed by atoms with van der Waals surface area (Å²) >= 11 is 0. The summed E-state index contributed by atoms with van der Waals surface area (Å²) in [7, 11) is 0. The fourth-order valence-electron chi connectivity index (χ4n) is 4.04. The van der Waals surface area contributed by atoms with E-state index in [0.717, 1.165) is 38.5 Å². The SMILES string of the molecule is NCCC[CH]NC(=O)C1(C(=O)NC2Cc3ccccc3C2)CCCC1. The van der Waals surface area contributed by atoms with Gasteiger partial charge in [0.05, 0.1) is 0 Å². The summed E-state index contributed by atoms with van der Waals surface area (Å²) in [5, 5.41) is 6.00. The Hall–Kier alpha value is -1.88. The summed E-state index contributed by atoms with van der Waals surface area (Å²) in [6.07, 6.45) is 6.38. The van der Waals surface area contributed by atoms with Crippen molar-refractivity contribution in [2.45, 2.75) is 57.4 Å². The van der Waals surface area contributed by atoms with Crippen LogP contribution in [0.1, 0.15) is 49.7 Å². The highest BCUT2D eigenvalue weighted by Gasteiger charge is 2.48. The van der Waals surface area contributed by atoms with Crippen molar-refractivity contribution in [1.82, 2.24) is 10.6 Å². The van der Waals surface area contributed by atoms with E-state index in [9.17, 15) is 9.59 Å². The average Bonchev–Trinajstić information content (AvgIpc) is 3.25. The number of hydrogen-bond donors (Lipinski definition) is 3. The Kier molecular flexibility index (Phi) is 5.74. The second kappa shape index (κ2) is 8.00. The largest absolute Gasteiger partial charge is 0.352 e. The Balaban J connectivity index is 1.60. The molecular weight excluding hydrogens is 314 g/mol. The van der Waals surface area contributed by atoms with Gasteiger partial charge in [-0.3, -0.25) is 9.59 Å². The van der Waals surface area contributed by atoms with Crippen molar-refractivity contribution >= 4 is 11.8 Å². The number of rotatable bonds is 7. The summed E-state index contributed by atoms with van der Waals surface area (Å²) in [6.45, 7) is 2.34. The van der Waals surface area contributed by atoms with E-state index in [2.05, 4.69) is 22.8 Å². The van der Waals surface area contributed by atoms with Gasteiger partial charge in [0.2, 0.25) is 11.8 Å². The van der Waals surface area contributed by atoms with Crippen LogP contribution >= 0.6 is 0 Å². The monoisotopic (exact) mass is 342 g/mol. The predicted octanol–water partition coefficient (Wildman–Crippen LogP) is 1.85. The smallest absolute Gasteiger partial charge is 0.235 e. The molecule has 2 aliphatic carbocycles. The van der Waals surface area contributed by atoms with Crippen molar-refractivity contribution in [2.24, 2.45) is 11.1 Å². The minimum absolute atomic E-state index is 0.0939. The van der Waals surface area contributed by atoms with Crippen molar-refractivity contribution in [3.8, 4) is 0 Å². The predicted molar refractivity (Wildman–Crippen MR) is 97.4 cm³/mol. The molecule has 0 aromatic heterocycles. The fourth-order valence-corrected chi connectivity index (χ4v) is 4.04. The number of unbranched alkanes of at least 4 members (excludes halogenated alkanes) is 1. The standard InChI is InChI=1S/C20H28N3O2/c21-11-5-6-12-22-18(24)20(9-3-4-10-20)19(25)23-17-13-15-7-1-2-8-16(15)14-17/h1-2,7-8,12,17H,3-6,9-11,13-14,21H2,(H,22,24)(H,23,25). The number of carbonyl (C=O) groups is 2. The Morgan fingerprint density at radius 3 is 2.36 bits per heavy atom. The molecule has 2 amide bonds. The number of hydrogen-bond acceptors (Lipinski definition) is 3. The van der Waals surface area contributed by atoms with E-state index in [1.807, 2.05) is 12.1 Å². The number of carbonyl (C=O) groups excluding carboxylic acids is 2. The van der Waals surface area contributed by atoms with E-state index in [1.165, 1.54) is 11.1 Å². The summed E-state index contributed by atoms with van der Waals surface area (Å²) in [5.74, 6) is -0.262. The van der Waals surface area contributed by atoms with Crippen LogP contribution in [-0.4, -0.2) is 24.4 Å². The van der Waals surface area contributed by atoms with Crippen LogP contribution in [0.2, 0.25) is 0 Å². The molecule has 4 N–H and O–H groups in total. The van der Waals surface area contributed by atoms with Crippen LogP contribution in [0, 0.1) is 12.0 Å². The third kappa shape index (κ3) is 3.87. The lowest BCUT2D eigenvalue weighted by Crippen LogP contribution is -2.52. The Morgan fingerprint density at radius 1 is 1.12 bits per heavy atom. The van der Waals surface area contributed by atoms with Crippen LogP contribution in [0.4, 0.5) is 0 Å². The number of fused-ring (bicyclic) bond motifs is 1. The molecule has 0 heterocycles. The molecule has 1 saturated carbocycles. The van der Waals surface area contributed by atoms with E-state index in [0.29, 0.717) is 19.4 Å². The van der Waals surface area contributed by atoms with Crippen molar-refractivity contribution in [3.63, 3.8) is 0 Å². The Labute approximate surface area is 149 Å². The first-order chi connectivity index (χ1) is 12.2. The van der Waals surface area contributed by atoms with Gasteiger partial charge in [-0.15, -0.1) is 0 Å². The van der Waals surface area contributed by atoms with E-state index in [-0.39, 0.29) is 17.9 Å². The normalized spacial score (nSPS) is 18.8. The van der Waals surface area contributed by atoms with Crippen molar-refractivity contribution < 1.29 is 9.59 Å². The van der Waals surface area contributed by atoms with Crippen LogP contribution in [-0.2, 0) is 22.4 Å². The lowest BCUT2D eigenvalue weighted by atomic mass is 9.83. The topological polar surface area (TPSA) is 84.2 Å². The van der Waals surface area contributed by atoms with Gasteiger partial charge in [0, 0.05) is 12.6 Å². The van der Waals surface area contributed by atoms with Crippen LogP contribution in [0.5, 0.6) is 0 Å². The lowest BCUT2D eigenvalue weighted by Gasteiger charge is -2.28. The lowest BCUT2D eigenvalue weighted by molar-refractivity contribution is -0.143. The zero-order valence-electron chi connectivity index (χ0n) is 14.7. The number of nitrogens with one attached hydrogen (secondary N) is 2. The summed E-state index contributed by atoms with van der Waals surface area (Å²) in [4.78, 5) is 25.7. The molecule has 0 aliphatic heterocycles. The molecule has 2 aliphatic rings. The molecule has 0 spiro atoms. The van der Waals surface area contributed by atoms with Crippen molar-refractivity contribution in [3.05, 3.63) is 41.9 Å². The third-order valence-electron chi connectivity index (χ3n) is 5.50. The molecule has 25 heavy (non-hydrogen) atoms. The number of nitrogens with two attached hydrogens (primary N) is 1.